The van der Waals surface area contributed by atoms with Gasteiger partial charge in [0, 0.05) is 35.0 Å². The van der Waals surface area contributed by atoms with E-state index in [0.717, 1.165) is 52.7 Å². The maximum atomic E-state index is 13.3. The number of amides is 1. The van der Waals surface area contributed by atoms with Crippen LogP contribution in [0.4, 0.5) is 0 Å². The number of aromatic amines is 1. The molecule has 0 aliphatic rings. The molecule has 2 heterocycles. The zero-order valence-electron chi connectivity index (χ0n) is 21.8. The summed E-state index contributed by atoms with van der Waals surface area (Å²) in [5, 5.41) is 4.14. The lowest BCUT2D eigenvalue weighted by atomic mass is 10.0. The van der Waals surface area contributed by atoms with Gasteiger partial charge in [-0.1, -0.05) is 50.1 Å². The fourth-order valence-corrected chi connectivity index (χ4v) is 4.59. The van der Waals surface area contributed by atoms with Crippen LogP contribution in [0, 0.1) is 6.92 Å². The predicted octanol–water partition coefficient (Wildman–Crippen LogP) is 6.47. The van der Waals surface area contributed by atoms with Gasteiger partial charge in [0.2, 0.25) is 11.8 Å². The average molecular weight is 502 g/mol. The van der Waals surface area contributed by atoms with Crippen LogP contribution in [0.2, 0.25) is 0 Å². The van der Waals surface area contributed by atoms with Crippen molar-refractivity contribution in [2.45, 2.75) is 64.8 Å². The molecule has 1 amide bonds. The number of H-pyrrole nitrogens is 1. The minimum absolute atomic E-state index is 0.0996. The first kappa shape index (κ1) is 26.2. The molecule has 1 atom stereocenters. The number of fused-ring (bicyclic) bond motifs is 1. The second-order valence-corrected chi connectivity index (χ2v) is 9.36. The fourth-order valence-electron chi connectivity index (χ4n) is 4.59. The van der Waals surface area contributed by atoms with Crippen LogP contribution in [0.25, 0.3) is 22.2 Å². The van der Waals surface area contributed by atoms with Gasteiger partial charge >= 0.3 is 0 Å². The third-order valence-corrected chi connectivity index (χ3v) is 6.72. The Hall–Kier alpha value is -3.87. The topological polar surface area (TPSA) is 97.2 Å². The summed E-state index contributed by atoms with van der Waals surface area (Å²) in [5.41, 5.74) is 3.81. The van der Waals surface area contributed by atoms with Gasteiger partial charge in [-0.3, -0.25) is 9.59 Å². The van der Waals surface area contributed by atoms with Gasteiger partial charge in [-0.15, -0.1) is 0 Å². The molecule has 37 heavy (non-hydrogen) atoms. The number of aromatic nitrogens is 2. The zero-order valence-corrected chi connectivity index (χ0v) is 21.8. The molecule has 0 spiro atoms. The Morgan fingerprint density at radius 1 is 1.11 bits per heavy atom. The van der Waals surface area contributed by atoms with Crippen LogP contribution in [0.5, 0.6) is 5.75 Å². The number of nitrogens with zero attached hydrogens (tertiary/aromatic N) is 1. The second-order valence-electron chi connectivity index (χ2n) is 9.36. The number of aryl methyl sites for hydroxylation is 1. The summed E-state index contributed by atoms with van der Waals surface area (Å²) in [6.45, 7) is 3.87. The van der Waals surface area contributed by atoms with Crippen molar-refractivity contribution in [2.75, 3.05) is 7.11 Å². The molecule has 0 radical (unpaired) electrons. The molecule has 0 aliphatic heterocycles. The van der Waals surface area contributed by atoms with Crippen LogP contribution in [0.15, 0.2) is 59.1 Å². The summed E-state index contributed by atoms with van der Waals surface area (Å²) in [6, 6.07) is 15.3. The van der Waals surface area contributed by atoms with Crippen molar-refractivity contribution in [3.05, 3.63) is 71.9 Å². The number of carbonyl (C=O) groups is 2. The Morgan fingerprint density at radius 3 is 2.68 bits per heavy atom. The van der Waals surface area contributed by atoms with Crippen molar-refractivity contribution in [3.63, 3.8) is 0 Å². The maximum absolute atomic E-state index is 13.3. The standard InChI is InChI=1S/C30H35N3O4/c1-4-22(34)13-9-6-10-14-27(30-31-19-28(37-30)21-11-7-5-8-12-21)33-29(35)18-24-20(2)32-26-16-15-23(36-3)17-25(24)26/h5,7-8,11-12,15-17,19,27,32H,4,6,9-10,13-14,18H2,1-3H3,(H,33,35). The number of unbranched alkanes of at least 4 members (excludes halogenated alkanes) is 2. The van der Waals surface area contributed by atoms with Crippen LogP contribution in [-0.2, 0) is 16.0 Å². The number of methoxy groups -OCH3 is 1. The van der Waals surface area contributed by atoms with Gasteiger partial charge in [-0.25, -0.2) is 4.98 Å². The smallest absolute Gasteiger partial charge is 0.225 e. The van der Waals surface area contributed by atoms with Gasteiger partial charge in [-0.2, -0.15) is 0 Å². The Bertz CT molecular complexity index is 1340. The highest BCUT2D eigenvalue weighted by Gasteiger charge is 2.22. The van der Waals surface area contributed by atoms with Crippen LogP contribution >= 0.6 is 0 Å². The van der Waals surface area contributed by atoms with E-state index in [1.807, 2.05) is 62.4 Å². The zero-order chi connectivity index (χ0) is 26.2. The number of hydrogen-bond acceptors (Lipinski definition) is 5. The van der Waals surface area contributed by atoms with E-state index in [-0.39, 0.29) is 24.2 Å². The Kier molecular flexibility index (Phi) is 8.77. The number of nitrogens with one attached hydrogen (secondary N) is 2. The molecule has 0 fully saturated rings. The summed E-state index contributed by atoms with van der Waals surface area (Å²) in [4.78, 5) is 32.8. The molecule has 0 saturated carbocycles. The van der Waals surface area contributed by atoms with Gasteiger partial charge in [0.15, 0.2) is 5.76 Å². The Balaban J connectivity index is 1.48. The molecular formula is C30H35N3O4. The number of hydrogen-bond donors (Lipinski definition) is 2. The normalized spacial score (nSPS) is 12.0. The third-order valence-electron chi connectivity index (χ3n) is 6.72. The lowest BCUT2D eigenvalue weighted by molar-refractivity contribution is -0.121. The molecule has 1 unspecified atom stereocenters. The monoisotopic (exact) mass is 501 g/mol. The van der Waals surface area contributed by atoms with Crippen LogP contribution in [0.3, 0.4) is 0 Å². The van der Waals surface area contributed by atoms with E-state index in [9.17, 15) is 9.59 Å². The average Bonchev–Trinajstić information content (AvgIpc) is 3.53. The number of benzene rings is 2. The molecule has 0 saturated heterocycles. The van der Waals surface area contributed by atoms with Crippen molar-refractivity contribution in [2.24, 2.45) is 0 Å². The molecule has 4 rings (SSSR count). The number of oxazole rings is 1. The van der Waals surface area contributed by atoms with Crippen molar-refractivity contribution in [1.29, 1.82) is 0 Å². The lowest BCUT2D eigenvalue weighted by Gasteiger charge is -2.16. The number of rotatable bonds is 13. The number of carbonyl (C=O) groups excluding carboxylic acids is 2. The molecule has 0 bridgehead atoms. The lowest BCUT2D eigenvalue weighted by Crippen LogP contribution is -2.30. The first-order valence-electron chi connectivity index (χ1n) is 13.0. The quantitative estimate of drug-likeness (QED) is 0.205. The van der Waals surface area contributed by atoms with Crippen LogP contribution in [0.1, 0.15) is 68.6 Å². The van der Waals surface area contributed by atoms with E-state index >= 15 is 0 Å². The predicted molar refractivity (Wildman–Crippen MR) is 144 cm³/mol. The van der Waals surface area contributed by atoms with Crippen molar-refractivity contribution in [3.8, 4) is 17.1 Å². The van der Waals surface area contributed by atoms with Crippen LogP contribution < -0.4 is 10.1 Å². The van der Waals surface area contributed by atoms with Crippen molar-refractivity contribution in [1.82, 2.24) is 15.3 Å². The summed E-state index contributed by atoms with van der Waals surface area (Å²) in [5.74, 6) is 2.10. The molecule has 0 aliphatic carbocycles. The Labute approximate surface area is 217 Å². The highest BCUT2D eigenvalue weighted by atomic mass is 16.5. The highest BCUT2D eigenvalue weighted by Crippen LogP contribution is 2.28. The second kappa shape index (κ2) is 12.4. The molecule has 2 aromatic heterocycles. The first-order valence-corrected chi connectivity index (χ1v) is 13.0. The van der Waals surface area contributed by atoms with E-state index in [0.29, 0.717) is 30.9 Å². The molecule has 2 N–H and O–H groups in total. The van der Waals surface area contributed by atoms with Gasteiger partial charge in [0.1, 0.15) is 17.6 Å². The Morgan fingerprint density at radius 2 is 1.92 bits per heavy atom. The van der Waals surface area contributed by atoms with Gasteiger partial charge in [-0.05, 0) is 43.5 Å². The van der Waals surface area contributed by atoms with E-state index in [1.165, 1.54) is 0 Å². The van der Waals surface area contributed by atoms with Gasteiger partial charge < -0.3 is 19.5 Å². The minimum Gasteiger partial charge on any atom is -0.497 e. The summed E-state index contributed by atoms with van der Waals surface area (Å²) in [7, 11) is 1.63. The number of ketones is 1. The summed E-state index contributed by atoms with van der Waals surface area (Å²) >= 11 is 0. The van der Waals surface area contributed by atoms with Crippen LogP contribution in [-0.4, -0.2) is 28.8 Å². The molecule has 7 heteroatoms. The molecule has 2 aromatic carbocycles. The minimum atomic E-state index is -0.355. The van der Waals surface area contributed by atoms with E-state index < -0.39 is 0 Å². The maximum Gasteiger partial charge on any atom is 0.225 e. The van der Waals surface area contributed by atoms with Crippen molar-refractivity contribution < 1.29 is 18.7 Å². The first-order chi connectivity index (χ1) is 18.0. The molecular weight excluding hydrogens is 466 g/mol. The summed E-state index contributed by atoms with van der Waals surface area (Å²) < 4.78 is 11.5. The molecule has 7 nitrogen and oxygen atoms in total. The highest BCUT2D eigenvalue weighted by molar-refractivity contribution is 5.91. The molecule has 194 valence electrons. The van der Waals surface area contributed by atoms with Crippen molar-refractivity contribution >= 4 is 22.6 Å². The van der Waals surface area contributed by atoms with E-state index in [1.54, 1.807) is 13.3 Å². The summed E-state index contributed by atoms with van der Waals surface area (Å²) in [6.07, 6.45) is 6.42. The SMILES string of the molecule is CCC(=O)CCCCCC(NC(=O)Cc1c(C)[nH]c2ccc(OC)cc12)c1ncc(-c2ccccc2)o1. The fraction of sp³-hybridized carbons (Fsp3) is 0.367. The van der Waals surface area contributed by atoms with E-state index in [2.05, 4.69) is 15.3 Å². The van der Waals surface area contributed by atoms with E-state index in [4.69, 9.17) is 9.15 Å². The third kappa shape index (κ3) is 6.67. The van der Waals surface area contributed by atoms with Gasteiger partial charge in [0.25, 0.3) is 0 Å². The number of Topliss-reactive ketones (excluding diaryl/α,β-unsaturated/α-hetero) is 1. The number of ether oxygens (including phenoxy) is 1. The largest absolute Gasteiger partial charge is 0.497 e. The van der Waals surface area contributed by atoms with Gasteiger partial charge in [0.05, 0.1) is 19.7 Å². The molecule has 4 aromatic rings.